The molecular weight excluding hydrogens is 418 g/mol. The Morgan fingerprint density at radius 1 is 1.29 bits per heavy atom. The molecule has 1 saturated heterocycles. The fourth-order valence-electron chi connectivity index (χ4n) is 2.43. The van der Waals surface area contributed by atoms with Gasteiger partial charge in [-0.3, -0.25) is 9.10 Å². The van der Waals surface area contributed by atoms with Crippen molar-refractivity contribution in [2.24, 2.45) is 0 Å². The molecule has 0 saturated carbocycles. The maximum Gasteiger partial charge on any atom is 0.258 e. The van der Waals surface area contributed by atoms with E-state index in [9.17, 15) is 13.2 Å². The van der Waals surface area contributed by atoms with Crippen molar-refractivity contribution in [3.8, 4) is 0 Å². The normalized spacial score (nSPS) is 16.2. The molecule has 126 valence electrons. The monoisotopic (exact) mass is 429 g/mol. The van der Waals surface area contributed by atoms with Crippen molar-refractivity contribution >= 4 is 55.0 Å². The highest BCUT2D eigenvalue weighted by atomic mass is 79.9. The highest BCUT2D eigenvalue weighted by Gasteiger charge is 2.29. The molecule has 0 atom stereocenters. The molecule has 1 aromatic carbocycles. The number of nitrogens with zero attached hydrogens (tertiary/aromatic N) is 2. The zero-order valence-electron chi connectivity index (χ0n) is 12.4. The molecule has 0 bridgehead atoms. The number of aromatic nitrogens is 1. The van der Waals surface area contributed by atoms with Crippen LogP contribution in [0.4, 0.5) is 11.5 Å². The number of benzene rings is 1. The molecule has 3 rings (SSSR count). The van der Waals surface area contributed by atoms with Gasteiger partial charge in [0.15, 0.2) is 0 Å². The zero-order valence-corrected chi connectivity index (χ0v) is 15.5. The van der Waals surface area contributed by atoms with Crippen molar-refractivity contribution in [2.75, 3.05) is 21.9 Å². The maximum absolute atomic E-state index is 12.5. The molecule has 1 aromatic heterocycles. The van der Waals surface area contributed by atoms with E-state index in [0.717, 1.165) is 0 Å². The summed E-state index contributed by atoms with van der Waals surface area (Å²) in [7, 11) is -3.32. The van der Waals surface area contributed by atoms with E-state index in [4.69, 9.17) is 11.6 Å². The highest BCUT2D eigenvalue weighted by Crippen LogP contribution is 2.28. The van der Waals surface area contributed by atoms with E-state index in [2.05, 4.69) is 26.2 Å². The summed E-state index contributed by atoms with van der Waals surface area (Å²) in [6, 6.07) is 9.72. The van der Waals surface area contributed by atoms with Crippen molar-refractivity contribution in [3.63, 3.8) is 0 Å². The molecule has 2 heterocycles. The standard InChI is InChI=1S/C15H13BrClN3O3S/c16-13-3-1-4-14(18-13)19-15(21)11-9-10(5-6-12(11)17)20-7-2-8-24(20,22)23/h1,3-6,9H,2,7-8H2,(H,18,19,21). The zero-order chi connectivity index (χ0) is 17.3. The average Bonchev–Trinajstić information content (AvgIpc) is 2.87. The van der Waals surface area contributed by atoms with Gasteiger partial charge in [0.05, 0.1) is 22.0 Å². The number of carbonyl (C=O) groups excluding carboxylic acids is 1. The van der Waals surface area contributed by atoms with Crippen LogP contribution < -0.4 is 9.62 Å². The third kappa shape index (κ3) is 3.55. The van der Waals surface area contributed by atoms with E-state index in [-0.39, 0.29) is 16.3 Å². The number of nitrogens with one attached hydrogen (secondary N) is 1. The molecular formula is C15H13BrClN3O3S. The molecule has 6 nitrogen and oxygen atoms in total. The minimum absolute atomic E-state index is 0.110. The van der Waals surface area contributed by atoms with E-state index in [0.29, 0.717) is 29.1 Å². The van der Waals surface area contributed by atoms with Gasteiger partial charge < -0.3 is 5.32 Å². The lowest BCUT2D eigenvalue weighted by Gasteiger charge is -2.18. The molecule has 1 aliphatic rings. The van der Waals surface area contributed by atoms with Gasteiger partial charge in [0.25, 0.3) is 5.91 Å². The summed E-state index contributed by atoms with van der Waals surface area (Å²) in [5.74, 6) is 0.0211. The Labute approximate surface area is 153 Å². The van der Waals surface area contributed by atoms with E-state index in [1.807, 2.05) is 0 Å². The summed E-state index contributed by atoms with van der Waals surface area (Å²) in [5.41, 5.74) is 0.627. The first-order valence-corrected chi connectivity index (χ1v) is 9.89. The summed E-state index contributed by atoms with van der Waals surface area (Å²) < 4.78 is 26.0. The van der Waals surface area contributed by atoms with E-state index in [1.165, 1.54) is 16.4 Å². The largest absolute Gasteiger partial charge is 0.306 e. The van der Waals surface area contributed by atoms with Crippen molar-refractivity contribution in [3.05, 3.63) is 51.6 Å². The third-order valence-corrected chi connectivity index (χ3v) is 6.18. The Hall–Kier alpha value is -1.64. The number of anilines is 2. The fourth-order valence-corrected chi connectivity index (χ4v) is 4.54. The average molecular weight is 431 g/mol. The van der Waals surface area contributed by atoms with Gasteiger partial charge in [-0.15, -0.1) is 0 Å². The molecule has 0 spiro atoms. The summed E-state index contributed by atoms with van der Waals surface area (Å²) in [4.78, 5) is 16.6. The van der Waals surface area contributed by atoms with Gasteiger partial charge in [-0.25, -0.2) is 13.4 Å². The first-order chi connectivity index (χ1) is 11.4. The lowest BCUT2D eigenvalue weighted by atomic mass is 10.2. The van der Waals surface area contributed by atoms with Gasteiger partial charge >= 0.3 is 0 Å². The van der Waals surface area contributed by atoms with Crippen LogP contribution in [0.3, 0.4) is 0 Å². The first kappa shape index (κ1) is 17.2. The van der Waals surface area contributed by atoms with Gasteiger partial charge in [-0.2, -0.15) is 0 Å². The lowest BCUT2D eigenvalue weighted by Crippen LogP contribution is -2.25. The second-order valence-corrected chi connectivity index (χ2v) is 8.44. The SMILES string of the molecule is O=C(Nc1cccc(Br)n1)c1cc(N2CCCS2(=O)=O)ccc1Cl. The smallest absolute Gasteiger partial charge is 0.258 e. The molecule has 1 fully saturated rings. The van der Waals surface area contributed by atoms with Gasteiger partial charge in [-0.1, -0.05) is 17.7 Å². The molecule has 0 radical (unpaired) electrons. The number of hydrogen-bond acceptors (Lipinski definition) is 4. The van der Waals surface area contributed by atoms with Crippen LogP contribution in [0.5, 0.6) is 0 Å². The Morgan fingerprint density at radius 2 is 2.08 bits per heavy atom. The Balaban J connectivity index is 1.90. The number of sulfonamides is 1. The van der Waals surface area contributed by atoms with Gasteiger partial charge in [0.1, 0.15) is 10.4 Å². The van der Waals surface area contributed by atoms with Crippen LogP contribution in [-0.4, -0.2) is 31.6 Å². The highest BCUT2D eigenvalue weighted by molar-refractivity contribution is 9.10. The van der Waals surface area contributed by atoms with Gasteiger partial charge in [0, 0.05) is 6.54 Å². The second kappa shape index (κ2) is 6.70. The van der Waals surface area contributed by atoms with Crippen molar-refractivity contribution in [1.82, 2.24) is 4.98 Å². The van der Waals surface area contributed by atoms with Crippen LogP contribution in [0.25, 0.3) is 0 Å². The molecule has 24 heavy (non-hydrogen) atoms. The van der Waals surface area contributed by atoms with Crippen LogP contribution in [0.15, 0.2) is 41.0 Å². The quantitative estimate of drug-likeness (QED) is 0.758. The molecule has 2 aromatic rings. The molecule has 1 amide bonds. The van der Waals surface area contributed by atoms with Crippen LogP contribution in [-0.2, 0) is 10.0 Å². The number of carbonyl (C=O) groups is 1. The molecule has 1 N–H and O–H groups in total. The number of hydrogen-bond donors (Lipinski definition) is 1. The minimum atomic E-state index is -3.32. The molecule has 9 heteroatoms. The summed E-state index contributed by atoms with van der Waals surface area (Å²) in [6.45, 7) is 0.401. The Bertz CT molecular complexity index is 905. The van der Waals surface area contributed by atoms with Crippen LogP contribution in [0, 0.1) is 0 Å². The first-order valence-electron chi connectivity index (χ1n) is 7.11. The number of pyridine rings is 1. The molecule has 1 aliphatic heterocycles. The fraction of sp³-hybridized carbons (Fsp3) is 0.200. The van der Waals surface area contributed by atoms with E-state index in [1.54, 1.807) is 24.3 Å². The number of rotatable bonds is 3. The van der Waals surface area contributed by atoms with Crippen molar-refractivity contribution in [2.45, 2.75) is 6.42 Å². The van der Waals surface area contributed by atoms with Crippen molar-refractivity contribution in [1.29, 1.82) is 0 Å². The third-order valence-electron chi connectivity index (χ3n) is 3.54. The molecule has 0 unspecified atom stereocenters. The van der Waals surface area contributed by atoms with Crippen LogP contribution in [0.2, 0.25) is 5.02 Å². The predicted molar refractivity (Wildman–Crippen MR) is 97.1 cm³/mol. The van der Waals surface area contributed by atoms with E-state index >= 15 is 0 Å². The van der Waals surface area contributed by atoms with Gasteiger partial charge in [0.2, 0.25) is 10.0 Å². The number of halogens is 2. The summed E-state index contributed by atoms with van der Waals surface area (Å²) in [6.07, 6.45) is 0.564. The summed E-state index contributed by atoms with van der Waals surface area (Å²) in [5, 5.41) is 2.88. The van der Waals surface area contributed by atoms with E-state index < -0.39 is 15.9 Å². The lowest BCUT2D eigenvalue weighted by molar-refractivity contribution is 0.102. The van der Waals surface area contributed by atoms with Crippen molar-refractivity contribution < 1.29 is 13.2 Å². The topological polar surface area (TPSA) is 79.4 Å². The van der Waals surface area contributed by atoms with Crippen LogP contribution >= 0.6 is 27.5 Å². The molecule has 0 aliphatic carbocycles. The van der Waals surface area contributed by atoms with Gasteiger partial charge in [-0.05, 0) is 52.7 Å². The predicted octanol–water partition coefficient (Wildman–Crippen LogP) is 3.29. The summed E-state index contributed by atoms with van der Waals surface area (Å²) >= 11 is 9.34. The minimum Gasteiger partial charge on any atom is -0.306 e. The Morgan fingerprint density at radius 3 is 2.75 bits per heavy atom. The number of amides is 1. The second-order valence-electron chi connectivity index (χ2n) is 5.21. The maximum atomic E-state index is 12.5. The van der Waals surface area contributed by atoms with Crippen LogP contribution in [0.1, 0.15) is 16.8 Å². The Kier molecular flexibility index (Phi) is 4.80.